The maximum Gasteiger partial charge on any atom is 0.236 e. The van der Waals surface area contributed by atoms with Crippen molar-refractivity contribution < 1.29 is 9.53 Å². The summed E-state index contributed by atoms with van der Waals surface area (Å²) < 4.78 is 5.62. The van der Waals surface area contributed by atoms with Crippen LogP contribution >= 0.6 is 11.3 Å². The minimum atomic E-state index is -0.686. The molecule has 36 heavy (non-hydrogen) atoms. The second kappa shape index (κ2) is 9.25. The van der Waals surface area contributed by atoms with Gasteiger partial charge in [0.1, 0.15) is 5.82 Å². The first-order valence-electron chi connectivity index (χ1n) is 11.8. The van der Waals surface area contributed by atoms with Crippen LogP contribution in [0, 0.1) is 6.92 Å². The molecule has 9 heteroatoms. The van der Waals surface area contributed by atoms with Crippen LogP contribution in [-0.4, -0.2) is 44.0 Å². The third-order valence-electron chi connectivity index (χ3n) is 6.75. The molecule has 5 heterocycles. The number of fused-ring (bicyclic) bond motifs is 1. The molecule has 1 saturated heterocycles. The highest BCUT2D eigenvalue weighted by Gasteiger charge is 2.42. The summed E-state index contributed by atoms with van der Waals surface area (Å²) in [6.07, 6.45) is 6.42. The average molecular weight is 497 g/mol. The van der Waals surface area contributed by atoms with Gasteiger partial charge in [-0.2, -0.15) is 0 Å². The predicted molar refractivity (Wildman–Crippen MR) is 140 cm³/mol. The van der Waals surface area contributed by atoms with Gasteiger partial charge >= 0.3 is 0 Å². The van der Waals surface area contributed by atoms with Crippen molar-refractivity contribution in [2.45, 2.75) is 25.2 Å². The number of anilines is 1. The number of ether oxygens (including phenoxy) is 1. The number of imidazole rings is 1. The number of amides is 1. The number of pyridine rings is 2. The first-order valence-corrected chi connectivity index (χ1v) is 12.7. The number of nitrogens with zero attached hydrogens (tertiary/aromatic N) is 4. The molecule has 0 bridgehead atoms. The molecule has 1 amide bonds. The number of aromatic amines is 1. The summed E-state index contributed by atoms with van der Waals surface area (Å²) in [5, 5.41) is 6.07. The zero-order valence-electron chi connectivity index (χ0n) is 19.7. The summed E-state index contributed by atoms with van der Waals surface area (Å²) >= 11 is 1.60. The molecule has 0 spiro atoms. The molecule has 0 aliphatic carbocycles. The zero-order valence-corrected chi connectivity index (χ0v) is 20.5. The van der Waals surface area contributed by atoms with Crippen molar-refractivity contribution in [2.24, 2.45) is 0 Å². The quantitative estimate of drug-likeness (QED) is 0.349. The lowest BCUT2D eigenvalue weighted by molar-refractivity contribution is -0.125. The number of thiazole rings is 1. The fourth-order valence-corrected chi connectivity index (χ4v) is 5.31. The van der Waals surface area contributed by atoms with Crippen molar-refractivity contribution in [3.63, 3.8) is 0 Å². The van der Waals surface area contributed by atoms with Crippen LogP contribution in [0.25, 0.3) is 33.5 Å². The van der Waals surface area contributed by atoms with Crippen molar-refractivity contribution in [3.05, 3.63) is 77.1 Å². The fraction of sp³-hybridized carbons (Fsp3) is 0.222. The summed E-state index contributed by atoms with van der Waals surface area (Å²) in [6, 6.07) is 14.0. The first kappa shape index (κ1) is 22.5. The molecular formula is C27H24N6O2S. The number of carbonyl (C=O) groups is 1. The summed E-state index contributed by atoms with van der Waals surface area (Å²) in [4.78, 5) is 34.4. The minimum absolute atomic E-state index is 0.0659. The van der Waals surface area contributed by atoms with Crippen molar-refractivity contribution in [2.75, 3.05) is 18.5 Å². The van der Waals surface area contributed by atoms with E-state index in [1.807, 2.05) is 61.0 Å². The Hall–Kier alpha value is -3.95. The molecule has 1 aliphatic heterocycles. The van der Waals surface area contributed by atoms with E-state index < -0.39 is 5.41 Å². The number of H-pyrrole nitrogens is 1. The van der Waals surface area contributed by atoms with Crippen LogP contribution in [0.1, 0.15) is 23.4 Å². The lowest BCUT2D eigenvalue weighted by atomic mass is 9.73. The van der Waals surface area contributed by atoms with Gasteiger partial charge in [-0.25, -0.2) is 19.9 Å². The van der Waals surface area contributed by atoms with Crippen LogP contribution in [0.15, 0.2) is 66.6 Å². The van der Waals surface area contributed by atoms with Crippen LogP contribution in [0.4, 0.5) is 5.82 Å². The summed E-state index contributed by atoms with van der Waals surface area (Å²) in [5.41, 5.74) is 5.70. The molecule has 0 unspecified atom stereocenters. The molecule has 0 saturated carbocycles. The van der Waals surface area contributed by atoms with E-state index in [1.165, 1.54) is 0 Å². The van der Waals surface area contributed by atoms with E-state index in [1.54, 1.807) is 23.9 Å². The highest BCUT2D eigenvalue weighted by Crippen LogP contribution is 2.37. The van der Waals surface area contributed by atoms with Crippen molar-refractivity contribution in [3.8, 4) is 22.4 Å². The van der Waals surface area contributed by atoms with Gasteiger partial charge in [-0.1, -0.05) is 24.3 Å². The molecule has 0 radical (unpaired) electrons. The number of aryl methyl sites for hydroxylation is 1. The molecular weight excluding hydrogens is 472 g/mol. The van der Waals surface area contributed by atoms with E-state index in [2.05, 4.69) is 30.2 Å². The Morgan fingerprint density at radius 3 is 2.50 bits per heavy atom. The number of aromatic nitrogens is 5. The Kier molecular flexibility index (Phi) is 5.79. The molecule has 1 fully saturated rings. The smallest absolute Gasteiger partial charge is 0.236 e. The standard InChI is InChI=1S/C27H24N6O2S/c1-17-32-23(15-36-17)19-4-7-24(28-13-19)33-26(34)27(8-10-35-11-9-27)21-5-2-18(3-6-21)20-12-22-25(29-14-20)31-16-30-22/h2-7,12-16H,8-11H2,1H3,(H,28,33,34)(H,29,30,31). The van der Waals surface area contributed by atoms with E-state index in [4.69, 9.17) is 4.74 Å². The van der Waals surface area contributed by atoms with E-state index in [0.29, 0.717) is 37.5 Å². The van der Waals surface area contributed by atoms with Crippen LogP contribution in [0.5, 0.6) is 0 Å². The molecule has 4 aromatic heterocycles. The molecule has 8 nitrogen and oxygen atoms in total. The molecule has 0 atom stereocenters. The highest BCUT2D eigenvalue weighted by molar-refractivity contribution is 7.09. The number of hydrogen-bond acceptors (Lipinski definition) is 7. The number of hydrogen-bond donors (Lipinski definition) is 2. The predicted octanol–water partition coefficient (Wildman–Crippen LogP) is 5.14. The van der Waals surface area contributed by atoms with Crippen LogP contribution in [0.3, 0.4) is 0 Å². The highest BCUT2D eigenvalue weighted by atomic mass is 32.1. The Labute approximate surface area is 211 Å². The van der Waals surface area contributed by atoms with Gasteiger partial charge in [0.15, 0.2) is 5.65 Å². The molecule has 1 aromatic carbocycles. The fourth-order valence-electron chi connectivity index (χ4n) is 4.69. The molecule has 6 rings (SSSR count). The van der Waals surface area contributed by atoms with E-state index in [-0.39, 0.29) is 5.91 Å². The van der Waals surface area contributed by atoms with Crippen molar-refractivity contribution in [1.29, 1.82) is 0 Å². The Morgan fingerprint density at radius 1 is 1.00 bits per heavy atom. The normalized spacial score (nSPS) is 15.1. The van der Waals surface area contributed by atoms with E-state index >= 15 is 0 Å². The Balaban J connectivity index is 1.25. The second-order valence-corrected chi connectivity index (χ2v) is 9.97. The largest absolute Gasteiger partial charge is 0.381 e. The topological polar surface area (TPSA) is 106 Å². The van der Waals surface area contributed by atoms with Crippen LogP contribution < -0.4 is 5.32 Å². The van der Waals surface area contributed by atoms with Gasteiger partial charge in [0.2, 0.25) is 5.91 Å². The Bertz CT molecular complexity index is 1520. The molecule has 5 aromatic rings. The number of benzene rings is 1. The molecule has 2 N–H and O–H groups in total. The molecule has 180 valence electrons. The maximum atomic E-state index is 13.7. The Morgan fingerprint density at radius 2 is 1.78 bits per heavy atom. The van der Waals surface area contributed by atoms with Gasteiger partial charge in [-0.15, -0.1) is 11.3 Å². The van der Waals surface area contributed by atoms with Gasteiger partial charge in [0, 0.05) is 42.1 Å². The first-order chi connectivity index (χ1) is 17.6. The van der Waals surface area contributed by atoms with Gasteiger partial charge in [0.05, 0.1) is 28.0 Å². The minimum Gasteiger partial charge on any atom is -0.381 e. The maximum absolute atomic E-state index is 13.7. The lowest BCUT2D eigenvalue weighted by Crippen LogP contribution is -2.45. The van der Waals surface area contributed by atoms with Crippen molar-refractivity contribution >= 4 is 34.2 Å². The van der Waals surface area contributed by atoms with Gasteiger partial charge in [0.25, 0.3) is 0 Å². The molecule has 1 aliphatic rings. The van der Waals surface area contributed by atoms with Gasteiger partial charge in [-0.3, -0.25) is 4.79 Å². The van der Waals surface area contributed by atoms with E-state index in [9.17, 15) is 4.79 Å². The monoisotopic (exact) mass is 496 g/mol. The van der Waals surface area contributed by atoms with Gasteiger partial charge in [-0.05, 0) is 49.1 Å². The number of carbonyl (C=O) groups excluding carboxylic acids is 1. The SMILES string of the molecule is Cc1nc(-c2ccc(NC(=O)C3(c4ccc(-c5cnc6nc[nH]c6c5)cc4)CCOCC3)nc2)cs1. The lowest BCUT2D eigenvalue weighted by Gasteiger charge is -2.36. The third-order valence-corrected chi connectivity index (χ3v) is 7.52. The summed E-state index contributed by atoms with van der Waals surface area (Å²) in [6.45, 7) is 3.04. The summed E-state index contributed by atoms with van der Waals surface area (Å²) in [5.74, 6) is 0.459. The third kappa shape index (κ3) is 4.16. The second-order valence-electron chi connectivity index (χ2n) is 8.91. The van der Waals surface area contributed by atoms with Crippen LogP contribution in [-0.2, 0) is 14.9 Å². The van der Waals surface area contributed by atoms with E-state index in [0.717, 1.165) is 38.5 Å². The average Bonchev–Trinajstić information content (AvgIpc) is 3.58. The summed E-state index contributed by atoms with van der Waals surface area (Å²) in [7, 11) is 0. The zero-order chi connectivity index (χ0) is 24.5. The number of nitrogens with one attached hydrogen (secondary N) is 2. The van der Waals surface area contributed by atoms with Crippen molar-refractivity contribution in [1.82, 2.24) is 24.9 Å². The van der Waals surface area contributed by atoms with Gasteiger partial charge < -0.3 is 15.0 Å². The number of rotatable bonds is 5. The van der Waals surface area contributed by atoms with Crippen LogP contribution in [0.2, 0.25) is 0 Å².